The Labute approximate surface area is 97.8 Å². The number of carbonyl (C=O) groups excluding carboxylic acids is 1. The molecule has 1 heterocycles. The zero-order valence-corrected chi connectivity index (χ0v) is 10.3. The Morgan fingerprint density at radius 3 is 2.81 bits per heavy atom. The third-order valence-electron chi connectivity index (χ3n) is 3.00. The first-order valence-corrected chi connectivity index (χ1v) is 6.28. The van der Waals surface area contributed by atoms with Crippen LogP contribution in [0.5, 0.6) is 0 Å². The quantitative estimate of drug-likeness (QED) is 0.647. The maximum atomic E-state index is 11.8. The first-order chi connectivity index (χ1) is 7.59. The van der Waals surface area contributed by atoms with Crippen LogP contribution in [0.3, 0.4) is 0 Å². The van der Waals surface area contributed by atoms with Crippen LogP contribution in [0.15, 0.2) is 0 Å². The van der Waals surface area contributed by atoms with E-state index in [1.165, 1.54) is 6.42 Å². The third kappa shape index (κ3) is 4.94. The van der Waals surface area contributed by atoms with Crippen LogP contribution < -0.4 is 10.6 Å². The molecule has 4 nitrogen and oxygen atoms in total. The van der Waals surface area contributed by atoms with Crippen LogP contribution in [0.4, 0.5) is 0 Å². The fraction of sp³-hybridized carbons (Fsp3) is 0.917. The smallest absolute Gasteiger partial charge is 0.237 e. The van der Waals surface area contributed by atoms with Gasteiger partial charge in [0, 0.05) is 6.54 Å². The van der Waals surface area contributed by atoms with Gasteiger partial charge in [-0.3, -0.25) is 4.79 Å². The minimum absolute atomic E-state index is 0.00694. The van der Waals surface area contributed by atoms with E-state index in [9.17, 15) is 9.90 Å². The molecule has 16 heavy (non-hydrogen) atoms. The molecule has 0 aromatic carbocycles. The molecule has 1 amide bonds. The maximum Gasteiger partial charge on any atom is 0.237 e. The molecule has 1 saturated heterocycles. The number of nitrogens with one attached hydrogen (secondary N) is 2. The number of amides is 1. The maximum absolute atomic E-state index is 11.8. The Kier molecular flexibility index (Phi) is 5.77. The highest BCUT2D eigenvalue weighted by Crippen LogP contribution is 2.08. The second kappa shape index (κ2) is 6.86. The minimum Gasteiger partial charge on any atom is -0.393 e. The van der Waals surface area contributed by atoms with E-state index in [4.69, 9.17) is 0 Å². The highest BCUT2D eigenvalue weighted by Gasteiger charge is 2.20. The molecule has 0 bridgehead atoms. The molecule has 4 heteroatoms. The molecule has 0 aliphatic carbocycles. The lowest BCUT2D eigenvalue weighted by Gasteiger charge is -2.23. The van der Waals surface area contributed by atoms with E-state index < -0.39 is 0 Å². The predicted octanol–water partition coefficient (Wildman–Crippen LogP) is 0.652. The molecular formula is C12H24N2O2. The number of hydrogen-bond acceptors (Lipinski definition) is 3. The van der Waals surface area contributed by atoms with Gasteiger partial charge in [0.25, 0.3) is 0 Å². The fourth-order valence-electron chi connectivity index (χ4n) is 2.14. The Bertz CT molecular complexity index is 213. The third-order valence-corrected chi connectivity index (χ3v) is 3.00. The molecule has 0 aromatic heterocycles. The molecule has 94 valence electrons. The number of aliphatic hydroxyl groups excluding tert-OH is 1. The highest BCUT2D eigenvalue weighted by atomic mass is 16.3. The van der Waals surface area contributed by atoms with Crippen molar-refractivity contribution in [3.05, 3.63) is 0 Å². The van der Waals surface area contributed by atoms with E-state index in [0.29, 0.717) is 12.5 Å². The molecule has 0 radical (unpaired) electrons. The van der Waals surface area contributed by atoms with Gasteiger partial charge < -0.3 is 15.7 Å². The topological polar surface area (TPSA) is 61.4 Å². The lowest BCUT2D eigenvalue weighted by Crippen LogP contribution is -2.47. The van der Waals surface area contributed by atoms with Gasteiger partial charge >= 0.3 is 0 Å². The summed E-state index contributed by atoms with van der Waals surface area (Å²) in [4.78, 5) is 11.8. The van der Waals surface area contributed by atoms with Gasteiger partial charge in [0.15, 0.2) is 0 Å². The SMILES string of the molecule is CC(O)CC(C)CNC(=O)C1CCCCN1. The van der Waals surface area contributed by atoms with Gasteiger partial charge in [-0.1, -0.05) is 13.3 Å². The summed E-state index contributed by atoms with van der Waals surface area (Å²) >= 11 is 0. The van der Waals surface area contributed by atoms with Gasteiger partial charge in [0.2, 0.25) is 5.91 Å². The minimum atomic E-state index is -0.292. The monoisotopic (exact) mass is 228 g/mol. The molecule has 0 spiro atoms. The Morgan fingerprint density at radius 2 is 2.25 bits per heavy atom. The summed E-state index contributed by atoms with van der Waals surface area (Å²) in [6, 6.07) is -0.00694. The van der Waals surface area contributed by atoms with E-state index in [2.05, 4.69) is 10.6 Å². The number of carbonyl (C=O) groups is 1. The second-order valence-corrected chi connectivity index (χ2v) is 4.94. The van der Waals surface area contributed by atoms with E-state index in [0.717, 1.165) is 25.8 Å². The average molecular weight is 228 g/mol. The van der Waals surface area contributed by atoms with E-state index in [1.807, 2.05) is 6.92 Å². The fourth-order valence-corrected chi connectivity index (χ4v) is 2.14. The summed E-state index contributed by atoms with van der Waals surface area (Å²) in [5.74, 6) is 0.435. The second-order valence-electron chi connectivity index (χ2n) is 4.94. The number of piperidine rings is 1. The van der Waals surface area contributed by atoms with Crippen molar-refractivity contribution >= 4 is 5.91 Å². The molecule has 0 aromatic rings. The molecule has 1 aliphatic rings. The van der Waals surface area contributed by atoms with Crippen molar-refractivity contribution in [3.63, 3.8) is 0 Å². The first kappa shape index (κ1) is 13.5. The molecular weight excluding hydrogens is 204 g/mol. The van der Waals surface area contributed by atoms with Crippen molar-refractivity contribution in [1.82, 2.24) is 10.6 Å². The molecule has 1 rings (SSSR count). The van der Waals surface area contributed by atoms with Gasteiger partial charge in [0.05, 0.1) is 12.1 Å². The van der Waals surface area contributed by atoms with Crippen LogP contribution in [0, 0.1) is 5.92 Å². The number of rotatable bonds is 5. The summed E-state index contributed by atoms with van der Waals surface area (Å²) in [6.07, 6.45) is 3.69. The largest absolute Gasteiger partial charge is 0.393 e. The van der Waals surface area contributed by atoms with Crippen molar-refractivity contribution in [3.8, 4) is 0 Å². The standard InChI is InChI=1S/C12H24N2O2/c1-9(7-10(2)15)8-14-12(16)11-5-3-4-6-13-11/h9-11,13,15H,3-8H2,1-2H3,(H,14,16). The molecule has 3 atom stereocenters. The van der Waals surface area contributed by atoms with Crippen LogP contribution in [-0.4, -0.2) is 36.2 Å². The predicted molar refractivity (Wildman–Crippen MR) is 64.1 cm³/mol. The van der Waals surface area contributed by atoms with Crippen molar-refractivity contribution in [2.45, 2.75) is 51.7 Å². The highest BCUT2D eigenvalue weighted by molar-refractivity contribution is 5.81. The van der Waals surface area contributed by atoms with Gasteiger partial charge in [-0.05, 0) is 38.6 Å². The summed E-state index contributed by atoms with van der Waals surface area (Å²) in [7, 11) is 0. The first-order valence-electron chi connectivity index (χ1n) is 6.28. The van der Waals surface area contributed by atoms with E-state index >= 15 is 0 Å². The van der Waals surface area contributed by atoms with Crippen LogP contribution in [0.25, 0.3) is 0 Å². The summed E-state index contributed by atoms with van der Waals surface area (Å²) < 4.78 is 0. The van der Waals surface area contributed by atoms with Gasteiger partial charge in [-0.2, -0.15) is 0 Å². The molecule has 1 fully saturated rings. The normalized spacial score (nSPS) is 24.8. The van der Waals surface area contributed by atoms with Crippen molar-refractivity contribution in [2.24, 2.45) is 5.92 Å². The van der Waals surface area contributed by atoms with E-state index in [1.54, 1.807) is 6.92 Å². The van der Waals surface area contributed by atoms with Gasteiger partial charge in [0.1, 0.15) is 0 Å². The number of aliphatic hydroxyl groups is 1. The Morgan fingerprint density at radius 1 is 1.50 bits per heavy atom. The van der Waals surface area contributed by atoms with E-state index in [-0.39, 0.29) is 18.1 Å². The average Bonchev–Trinajstić information content (AvgIpc) is 2.26. The summed E-state index contributed by atoms with van der Waals surface area (Å²) in [6.45, 7) is 5.42. The summed E-state index contributed by atoms with van der Waals surface area (Å²) in [5.41, 5.74) is 0. The lowest BCUT2D eigenvalue weighted by molar-refractivity contribution is -0.123. The Balaban J connectivity index is 2.18. The Hall–Kier alpha value is -0.610. The number of hydrogen-bond donors (Lipinski definition) is 3. The van der Waals surface area contributed by atoms with Crippen molar-refractivity contribution < 1.29 is 9.90 Å². The zero-order chi connectivity index (χ0) is 12.0. The molecule has 3 N–H and O–H groups in total. The van der Waals surface area contributed by atoms with Crippen LogP contribution in [-0.2, 0) is 4.79 Å². The summed E-state index contributed by atoms with van der Waals surface area (Å²) in [5, 5.41) is 15.4. The van der Waals surface area contributed by atoms with Gasteiger partial charge in [-0.15, -0.1) is 0 Å². The molecule has 0 saturated carbocycles. The van der Waals surface area contributed by atoms with Crippen LogP contribution >= 0.6 is 0 Å². The molecule has 1 aliphatic heterocycles. The molecule has 3 unspecified atom stereocenters. The zero-order valence-electron chi connectivity index (χ0n) is 10.3. The van der Waals surface area contributed by atoms with Crippen LogP contribution in [0.2, 0.25) is 0 Å². The van der Waals surface area contributed by atoms with Crippen molar-refractivity contribution in [2.75, 3.05) is 13.1 Å². The van der Waals surface area contributed by atoms with Crippen LogP contribution in [0.1, 0.15) is 39.5 Å². The van der Waals surface area contributed by atoms with Crippen molar-refractivity contribution in [1.29, 1.82) is 0 Å². The van der Waals surface area contributed by atoms with Gasteiger partial charge in [-0.25, -0.2) is 0 Å². The lowest BCUT2D eigenvalue weighted by atomic mass is 10.0.